The molecule has 0 aliphatic carbocycles. The molecule has 19 heavy (non-hydrogen) atoms. The van der Waals surface area contributed by atoms with E-state index in [1.165, 1.54) is 17.8 Å². The molecule has 0 saturated carbocycles. The minimum Gasteiger partial charge on any atom is -0.383 e. The molecular weight excluding hydrogens is 332 g/mol. The average Bonchev–Trinajstić information content (AvgIpc) is 2.40. The Labute approximate surface area is 123 Å². The van der Waals surface area contributed by atoms with Crippen LogP contribution in [0.2, 0.25) is 0 Å². The number of anilines is 1. The van der Waals surface area contributed by atoms with Crippen molar-refractivity contribution in [3.05, 3.63) is 58.6 Å². The number of benzene rings is 2. The third kappa shape index (κ3) is 4.21. The Kier molecular flexibility index (Phi) is 5.22. The number of nitrogens with one attached hydrogen (secondary N) is 1. The zero-order chi connectivity index (χ0) is 13.7. The van der Waals surface area contributed by atoms with Crippen LogP contribution in [-0.4, -0.2) is 12.3 Å². The van der Waals surface area contributed by atoms with Gasteiger partial charge in [-0.3, -0.25) is 0 Å². The smallest absolute Gasteiger partial charge is 0.136 e. The first kappa shape index (κ1) is 14.3. The van der Waals surface area contributed by atoms with Crippen LogP contribution in [0.25, 0.3) is 0 Å². The van der Waals surface area contributed by atoms with Crippen molar-refractivity contribution >= 4 is 33.4 Å². The van der Waals surface area contributed by atoms with Crippen LogP contribution in [0, 0.1) is 11.6 Å². The molecule has 0 bridgehead atoms. The van der Waals surface area contributed by atoms with Gasteiger partial charge in [-0.15, -0.1) is 11.8 Å². The summed E-state index contributed by atoms with van der Waals surface area (Å²) in [5.74, 6) is -0.142. The van der Waals surface area contributed by atoms with Gasteiger partial charge < -0.3 is 5.32 Å². The first-order valence-electron chi connectivity index (χ1n) is 5.73. The van der Waals surface area contributed by atoms with Gasteiger partial charge in [-0.2, -0.15) is 0 Å². The van der Waals surface area contributed by atoms with Gasteiger partial charge in [0.1, 0.15) is 11.6 Å². The van der Waals surface area contributed by atoms with Crippen molar-refractivity contribution in [2.24, 2.45) is 0 Å². The molecule has 0 radical (unpaired) electrons. The van der Waals surface area contributed by atoms with Crippen molar-refractivity contribution in [2.45, 2.75) is 4.90 Å². The topological polar surface area (TPSA) is 12.0 Å². The van der Waals surface area contributed by atoms with Crippen molar-refractivity contribution < 1.29 is 8.78 Å². The molecule has 1 nitrogen and oxygen atoms in total. The van der Waals surface area contributed by atoms with Gasteiger partial charge in [0.05, 0.1) is 0 Å². The monoisotopic (exact) mass is 343 g/mol. The number of thioether (sulfide) groups is 1. The quantitative estimate of drug-likeness (QED) is 0.610. The van der Waals surface area contributed by atoms with E-state index in [0.29, 0.717) is 17.2 Å². The summed E-state index contributed by atoms with van der Waals surface area (Å²) in [7, 11) is 0. The van der Waals surface area contributed by atoms with E-state index in [1.54, 1.807) is 0 Å². The molecule has 2 aromatic carbocycles. The summed E-state index contributed by atoms with van der Waals surface area (Å²) >= 11 is 4.73. The van der Waals surface area contributed by atoms with Gasteiger partial charge in [-0.05, 0) is 46.3 Å². The fourth-order valence-electron chi connectivity index (χ4n) is 1.54. The fraction of sp³-hybridized carbons (Fsp3) is 0.143. The molecule has 0 fully saturated rings. The van der Waals surface area contributed by atoms with Gasteiger partial charge in [-0.1, -0.05) is 12.1 Å². The summed E-state index contributed by atoms with van der Waals surface area (Å²) in [6.45, 7) is 0.670. The van der Waals surface area contributed by atoms with Crippen LogP contribution in [0.3, 0.4) is 0 Å². The van der Waals surface area contributed by atoms with E-state index in [4.69, 9.17) is 0 Å². The van der Waals surface area contributed by atoms with Crippen molar-refractivity contribution in [1.82, 2.24) is 0 Å². The maximum absolute atomic E-state index is 13.4. The van der Waals surface area contributed by atoms with Crippen LogP contribution in [0.4, 0.5) is 14.5 Å². The molecule has 100 valence electrons. The highest BCUT2D eigenvalue weighted by molar-refractivity contribution is 9.10. The molecular formula is C14H12BrF2NS. The van der Waals surface area contributed by atoms with Crippen LogP contribution in [-0.2, 0) is 0 Å². The van der Waals surface area contributed by atoms with E-state index in [2.05, 4.69) is 21.2 Å². The highest BCUT2D eigenvalue weighted by Crippen LogP contribution is 2.24. The Morgan fingerprint density at radius 3 is 2.68 bits per heavy atom. The average molecular weight is 344 g/mol. The Bertz CT molecular complexity index is 563. The molecule has 0 atom stereocenters. The highest BCUT2D eigenvalue weighted by atomic mass is 79.9. The van der Waals surface area contributed by atoms with Gasteiger partial charge >= 0.3 is 0 Å². The standard InChI is InChI=1S/C14H12BrF2NS/c15-11-3-1-2-4-13(11)18-7-8-19-14-9-10(16)5-6-12(14)17/h1-6,9,18H,7-8H2. The van der Waals surface area contributed by atoms with Crippen molar-refractivity contribution in [3.8, 4) is 0 Å². The number of rotatable bonds is 5. The van der Waals surface area contributed by atoms with Crippen LogP contribution in [0.5, 0.6) is 0 Å². The zero-order valence-corrected chi connectivity index (χ0v) is 12.4. The van der Waals surface area contributed by atoms with Crippen LogP contribution in [0.15, 0.2) is 51.8 Å². The Morgan fingerprint density at radius 2 is 1.89 bits per heavy atom. The summed E-state index contributed by atoms with van der Waals surface area (Å²) in [6, 6.07) is 11.3. The second-order valence-electron chi connectivity index (χ2n) is 3.83. The molecule has 0 aliphatic rings. The first-order valence-corrected chi connectivity index (χ1v) is 7.51. The minimum absolute atomic E-state index is 0.342. The van der Waals surface area contributed by atoms with Gasteiger partial charge in [-0.25, -0.2) is 8.78 Å². The molecule has 0 saturated heterocycles. The molecule has 0 aromatic heterocycles. The summed E-state index contributed by atoms with van der Waals surface area (Å²) in [4.78, 5) is 0.342. The lowest BCUT2D eigenvalue weighted by Crippen LogP contribution is -2.04. The summed E-state index contributed by atoms with van der Waals surface area (Å²) in [5, 5.41) is 3.23. The van der Waals surface area contributed by atoms with E-state index < -0.39 is 5.82 Å². The van der Waals surface area contributed by atoms with Crippen LogP contribution >= 0.6 is 27.7 Å². The van der Waals surface area contributed by atoms with Gasteiger partial charge in [0, 0.05) is 27.4 Å². The Balaban J connectivity index is 1.84. The molecule has 2 rings (SSSR count). The SMILES string of the molecule is Fc1ccc(F)c(SCCNc2ccccc2Br)c1. The summed E-state index contributed by atoms with van der Waals surface area (Å²) in [6.07, 6.45) is 0. The number of hydrogen-bond acceptors (Lipinski definition) is 2. The van der Waals surface area contributed by atoms with Crippen molar-refractivity contribution in [2.75, 3.05) is 17.6 Å². The maximum atomic E-state index is 13.4. The summed E-state index contributed by atoms with van der Waals surface area (Å²) in [5.41, 5.74) is 0.989. The van der Waals surface area contributed by atoms with Crippen LogP contribution in [0.1, 0.15) is 0 Å². The van der Waals surface area contributed by atoms with Crippen molar-refractivity contribution in [1.29, 1.82) is 0 Å². The lowest BCUT2D eigenvalue weighted by atomic mass is 10.3. The van der Waals surface area contributed by atoms with Gasteiger partial charge in [0.15, 0.2) is 0 Å². The van der Waals surface area contributed by atoms with Gasteiger partial charge in [0.2, 0.25) is 0 Å². The van der Waals surface area contributed by atoms with E-state index in [9.17, 15) is 8.78 Å². The third-order valence-corrected chi connectivity index (χ3v) is 4.17. The largest absolute Gasteiger partial charge is 0.383 e. The molecule has 0 heterocycles. The predicted molar refractivity (Wildman–Crippen MR) is 79.7 cm³/mol. The van der Waals surface area contributed by atoms with E-state index in [1.807, 2.05) is 24.3 Å². The van der Waals surface area contributed by atoms with Crippen molar-refractivity contribution in [3.63, 3.8) is 0 Å². The number of para-hydroxylation sites is 1. The predicted octanol–water partition coefficient (Wildman–Crippen LogP) is 4.93. The second kappa shape index (κ2) is 6.91. The van der Waals surface area contributed by atoms with E-state index >= 15 is 0 Å². The Hall–Kier alpha value is -1.07. The van der Waals surface area contributed by atoms with Crippen LogP contribution < -0.4 is 5.32 Å². The number of halogens is 3. The second-order valence-corrected chi connectivity index (χ2v) is 5.82. The summed E-state index contributed by atoms with van der Waals surface area (Å²) < 4.78 is 27.3. The molecule has 2 aromatic rings. The molecule has 0 spiro atoms. The highest BCUT2D eigenvalue weighted by Gasteiger charge is 2.04. The van der Waals surface area contributed by atoms with E-state index in [-0.39, 0.29) is 5.82 Å². The normalized spacial score (nSPS) is 10.5. The zero-order valence-electron chi connectivity index (χ0n) is 10.00. The lowest BCUT2D eigenvalue weighted by Gasteiger charge is -2.08. The van der Waals surface area contributed by atoms with E-state index in [0.717, 1.165) is 22.3 Å². The third-order valence-electron chi connectivity index (χ3n) is 2.44. The molecule has 0 unspecified atom stereocenters. The maximum Gasteiger partial charge on any atom is 0.136 e. The molecule has 1 N–H and O–H groups in total. The molecule has 0 aliphatic heterocycles. The number of hydrogen-bond donors (Lipinski definition) is 1. The fourth-order valence-corrected chi connectivity index (χ4v) is 2.79. The molecule has 0 amide bonds. The first-order chi connectivity index (χ1) is 9.16. The lowest BCUT2D eigenvalue weighted by molar-refractivity contribution is 0.577. The molecule has 5 heteroatoms. The minimum atomic E-state index is -0.414. The van der Waals surface area contributed by atoms with Gasteiger partial charge in [0.25, 0.3) is 0 Å². The Morgan fingerprint density at radius 1 is 1.11 bits per heavy atom.